The van der Waals surface area contributed by atoms with Crippen LogP contribution in [0.3, 0.4) is 0 Å². The molecule has 0 aliphatic carbocycles. The van der Waals surface area contributed by atoms with Gasteiger partial charge in [0, 0.05) is 24.0 Å². The third-order valence-corrected chi connectivity index (χ3v) is 3.80. The average molecular weight is 268 g/mol. The number of aryl methyl sites for hydroxylation is 1. The maximum absolute atomic E-state index is 6.07. The Morgan fingerprint density at radius 1 is 1.00 bits per heavy atom. The van der Waals surface area contributed by atoms with Crippen LogP contribution in [0.4, 0.5) is 11.4 Å². The summed E-state index contributed by atoms with van der Waals surface area (Å²) in [4.78, 5) is 2.33. The number of nitrogens with two attached hydrogens (primary N) is 1. The Balaban J connectivity index is 2.31. The Hall–Kier alpha value is -1.80. The van der Waals surface area contributed by atoms with E-state index in [0.29, 0.717) is 0 Å². The van der Waals surface area contributed by atoms with Crippen molar-refractivity contribution in [2.75, 3.05) is 11.4 Å². The number of hydrogen-bond acceptors (Lipinski definition) is 2. The quantitative estimate of drug-likeness (QED) is 0.861. The molecule has 0 radical (unpaired) electrons. The summed E-state index contributed by atoms with van der Waals surface area (Å²) in [5.41, 5.74) is 11.1. The van der Waals surface area contributed by atoms with Crippen molar-refractivity contribution in [2.45, 2.75) is 33.2 Å². The monoisotopic (exact) mass is 268 g/mol. The van der Waals surface area contributed by atoms with Crippen molar-refractivity contribution >= 4 is 11.4 Å². The molecule has 0 fully saturated rings. The lowest BCUT2D eigenvalue weighted by Crippen LogP contribution is -2.17. The maximum Gasteiger partial charge on any atom is 0.0440 e. The number of rotatable bonds is 5. The third-order valence-electron chi connectivity index (χ3n) is 3.80. The zero-order chi connectivity index (χ0) is 14.5. The predicted molar refractivity (Wildman–Crippen MR) is 87.5 cm³/mol. The van der Waals surface area contributed by atoms with E-state index >= 15 is 0 Å². The first kappa shape index (κ1) is 14.6. The van der Waals surface area contributed by atoms with Crippen LogP contribution in [0.5, 0.6) is 0 Å². The molecule has 2 nitrogen and oxygen atoms in total. The number of anilines is 2. The van der Waals surface area contributed by atoms with Crippen LogP contribution in [0.2, 0.25) is 0 Å². The molecule has 0 heterocycles. The third kappa shape index (κ3) is 3.02. The number of para-hydroxylation sites is 1. The maximum atomic E-state index is 6.07. The Morgan fingerprint density at radius 2 is 1.65 bits per heavy atom. The second-order valence-electron chi connectivity index (χ2n) is 5.14. The number of hydrogen-bond donors (Lipinski definition) is 1. The van der Waals surface area contributed by atoms with E-state index in [1.54, 1.807) is 0 Å². The Labute approximate surface area is 122 Å². The van der Waals surface area contributed by atoms with Crippen LogP contribution in [0.1, 0.15) is 37.4 Å². The zero-order valence-corrected chi connectivity index (χ0v) is 12.6. The predicted octanol–water partition coefficient (Wildman–Crippen LogP) is 4.56. The number of nitrogens with zero attached hydrogens (tertiary/aromatic N) is 1. The summed E-state index contributed by atoms with van der Waals surface area (Å²) in [5, 5.41) is 0. The van der Waals surface area contributed by atoms with Gasteiger partial charge in [-0.3, -0.25) is 0 Å². The Bertz CT molecular complexity index is 546. The molecule has 0 amide bonds. The van der Waals surface area contributed by atoms with Crippen LogP contribution in [0, 0.1) is 6.92 Å². The van der Waals surface area contributed by atoms with Crippen molar-refractivity contribution in [1.82, 2.24) is 0 Å². The van der Waals surface area contributed by atoms with Gasteiger partial charge >= 0.3 is 0 Å². The largest absolute Gasteiger partial charge is 0.342 e. The molecule has 106 valence electrons. The highest BCUT2D eigenvalue weighted by molar-refractivity contribution is 5.66. The van der Waals surface area contributed by atoms with Gasteiger partial charge in [0.2, 0.25) is 0 Å². The molecule has 0 saturated heterocycles. The summed E-state index contributed by atoms with van der Waals surface area (Å²) < 4.78 is 0. The highest BCUT2D eigenvalue weighted by atomic mass is 15.1. The van der Waals surface area contributed by atoms with Crippen molar-refractivity contribution in [1.29, 1.82) is 0 Å². The molecule has 2 rings (SSSR count). The van der Waals surface area contributed by atoms with Crippen LogP contribution in [0.25, 0.3) is 0 Å². The van der Waals surface area contributed by atoms with Crippen molar-refractivity contribution < 1.29 is 0 Å². The minimum Gasteiger partial charge on any atom is -0.342 e. The van der Waals surface area contributed by atoms with Crippen molar-refractivity contribution in [2.24, 2.45) is 5.73 Å². The summed E-state index contributed by atoms with van der Waals surface area (Å²) >= 11 is 0. The molecule has 1 atom stereocenters. The van der Waals surface area contributed by atoms with Crippen LogP contribution in [0.15, 0.2) is 48.5 Å². The van der Waals surface area contributed by atoms with Crippen LogP contribution in [-0.2, 0) is 0 Å². The molecule has 0 spiro atoms. The molecule has 20 heavy (non-hydrogen) atoms. The standard InChI is InChI=1S/C18H24N2/c1-4-17(19)15-10-12-16(13-11-15)20(5-2)18-9-7-6-8-14(18)3/h6-13,17H,4-5,19H2,1-3H3/t17-/m1/s1. The normalized spacial score (nSPS) is 12.2. The van der Waals surface area contributed by atoms with Gasteiger partial charge < -0.3 is 10.6 Å². The minimum absolute atomic E-state index is 0.137. The lowest BCUT2D eigenvalue weighted by atomic mass is 10.0. The van der Waals surface area contributed by atoms with Crippen LogP contribution >= 0.6 is 0 Å². The molecule has 0 aliphatic rings. The molecule has 2 N–H and O–H groups in total. The topological polar surface area (TPSA) is 29.3 Å². The highest BCUT2D eigenvalue weighted by Crippen LogP contribution is 2.28. The van der Waals surface area contributed by atoms with Gasteiger partial charge in [0.15, 0.2) is 0 Å². The zero-order valence-electron chi connectivity index (χ0n) is 12.6. The van der Waals surface area contributed by atoms with Gasteiger partial charge in [0.25, 0.3) is 0 Å². The molecule has 2 aromatic carbocycles. The smallest absolute Gasteiger partial charge is 0.0440 e. The SMILES string of the molecule is CC[C@@H](N)c1ccc(N(CC)c2ccccc2C)cc1. The minimum atomic E-state index is 0.137. The van der Waals surface area contributed by atoms with Gasteiger partial charge in [-0.1, -0.05) is 37.3 Å². The van der Waals surface area contributed by atoms with E-state index in [9.17, 15) is 0 Å². The van der Waals surface area contributed by atoms with Gasteiger partial charge in [-0.05, 0) is 49.6 Å². The van der Waals surface area contributed by atoms with E-state index < -0.39 is 0 Å². The van der Waals surface area contributed by atoms with Gasteiger partial charge in [0.05, 0.1) is 0 Å². The fourth-order valence-electron chi connectivity index (χ4n) is 2.50. The fraction of sp³-hybridized carbons (Fsp3) is 0.333. The summed E-state index contributed by atoms with van der Waals surface area (Å²) in [5.74, 6) is 0. The molecule has 0 saturated carbocycles. The molecular weight excluding hydrogens is 244 g/mol. The Kier molecular flexibility index (Phi) is 4.80. The number of benzene rings is 2. The molecule has 2 heteroatoms. The van der Waals surface area contributed by atoms with Crippen molar-refractivity contribution in [3.05, 3.63) is 59.7 Å². The second kappa shape index (κ2) is 6.58. The summed E-state index contributed by atoms with van der Waals surface area (Å²) in [6.45, 7) is 7.39. The Morgan fingerprint density at radius 3 is 2.20 bits per heavy atom. The van der Waals surface area contributed by atoms with Gasteiger partial charge in [-0.15, -0.1) is 0 Å². The first-order valence-electron chi connectivity index (χ1n) is 7.36. The molecular formula is C18H24N2. The lowest BCUT2D eigenvalue weighted by molar-refractivity contribution is 0.698. The second-order valence-corrected chi connectivity index (χ2v) is 5.14. The van der Waals surface area contributed by atoms with Gasteiger partial charge in [0.1, 0.15) is 0 Å². The van der Waals surface area contributed by atoms with E-state index in [-0.39, 0.29) is 6.04 Å². The molecule has 2 aromatic rings. The summed E-state index contributed by atoms with van der Waals surface area (Å²) in [6.07, 6.45) is 0.967. The summed E-state index contributed by atoms with van der Waals surface area (Å²) in [7, 11) is 0. The lowest BCUT2D eigenvalue weighted by Gasteiger charge is -2.25. The van der Waals surface area contributed by atoms with Gasteiger partial charge in [-0.2, -0.15) is 0 Å². The van der Waals surface area contributed by atoms with E-state index in [4.69, 9.17) is 5.73 Å². The van der Waals surface area contributed by atoms with Crippen LogP contribution < -0.4 is 10.6 Å². The summed E-state index contributed by atoms with van der Waals surface area (Å²) in [6, 6.07) is 17.3. The molecule has 0 bridgehead atoms. The van der Waals surface area contributed by atoms with E-state index in [2.05, 4.69) is 74.2 Å². The van der Waals surface area contributed by atoms with E-state index in [0.717, 1.165) is 13.0 Å². The highest BCUT2D eigenvalue weighted by Gasteiger charge is 2.10. The van der Waals surface area contributed by atoms with Crippen molar-refractivity contribution in [3.8, 4) is 0 Å². The average Bonchev–Trinajstić information content (AvgIpc) is 2.50. The first-order chi connectivity index (χ1) is 9.67. The van der Waals surface area contributed by atoms with E-state index in [1.807, 2.05) is 0 Å². The fourth-order valence-corrected chi connectivity index (χ4v) is 2.50. The van der Waals surface area contributed by atoms with E-state index in [1.165, 1.54) is 22.5 Å². The molecule has 0 unspecified atom stereocenters. The van der Waals surface area contributed by atoms with Crippen molar-refractivity contribution in [3.63, 3.8) is 0 Å². The van der Waals surface area contributed by atoms with Gasteiger partial charge in [-0.25, -0.2) is 0 Å². The molecule has 0 aliphatic heterocycles. The molecule has 0 aromatic heterocycles. The first-order valence-corrected chi connectivity index (χ1v) is 7.36. The van der Waals surface area contributed by atoms with Crippen LogP contribution in [-0.4, -0.2) is 6.54 Å².